The zero-order chi connectivity index (χ0) is 30.3. The summed E-state index contributed by atoms with van der Waals surface area (Å²) < 4.78 is 28.8. The highest BCUT2D eigenvalue weighted by Gasteiger charge is 2.33. The molecule has 2 amide bonds. The van der Waals surface area contributed by atoms with Crippen LogP contribution < -0.4 is 9.62 Å². The Morgan fingerprint density at radius 2 is 1.54 bits per heavy atom. The van der Waals surface area contributed by atoms with Crippen molar-refractivity contribution in [3.8, 4) is 0 Å². The van der Waals surface area contributed by atoms with Crippen molar-refractivity contribution in [2.45, 2.75) is 51.1 Å². The average molecular weight is 659 g/mol. The van der Waals surface area contributed by atoms with Gasteiger partial charge in [0.25, 0.3) is 10.0 Å². The molecule has 0 bridgehead atoms. The molecular weight excluding hydrogens is 628 g/mol. The van der Waals surface area contributed by atoms with E-state index in [1.54, 1.807) is 31.2 Å². The Hall–Kier alpha value is -2.49. The number of anilines is 1. The molecule has 1 atom stereocenters. The quantitative estimate of drug-likeness (QED) is 0.210. The lowest BCUT2D eigenvalue weighted by atomic mass is 10.1. The molecule has 12 heteroatoms. The predicted molar refractivity (Wildman–Crippen MR) is 167 cm³/mol. The number of nitrogens with one attached hydrogen (secondary N) is 1. The Bertz CT molecular complexity index is 1480. The summed E-state index contributed by atoms with van der Waals surface area (Å²) in [4.78, 5) is 28.3. The average Bonchev–Trinajstić information content (AvgIpc) is 2.90. The number of halogens is 4. The number of carbonyl (C=O) groups excluding carboxylic acids is 2. The molecule has 0 unspecified atom stereocenters. The Balaban J connectivity index is 2.06. The third-order valence-electron chi connectivity index (χ3n) is 6.38. The molecule has 3 aromatic rings. The fourth-order valence-electron chi connectivity index (χ4n) is 4.00. The zero-order valence-electron chi connectivity index (χ0n) is 22.8. The van der Waals surface area contributed by atoms with E-state index in [0.717, 1.165) is 22.7 Å². The van der Waals surface area contributed by atoms with Gasteiger partial charge >= 0.3 is 0 Å². The van der Waals surface area contributed by atoms with Gasteiger partial charge in [-0.2, -0.15) is 0 Å². The van der Waals surface area contributed by atoms with Gasteiger partial charge in [-0.25, -0.2) is 8.42 Å². The van der Waals surface area contributed by atoms with Gasteiger partial charge in [-0.3, -0.25) is 13.9 Å². The minimum absolute atomic E-state index is 0.0235. The van der Waals surface area contributed by atoms with Gasteiger partial charge in [-0.1, -0.05) is 83.5 Å². The van der Waals surface area contributed by atoms with Gasteiger partial charge in [0.1, 0.15) is 12.6 Å². The molecule has 0 aliphatic carbocycles. The van der Waals surface area contributed by atoms with Gasteiger partial charge < -0.3 is 10.2 Å². The second-order valence-corrected chi connectivity index (χ2v) is 13.1. The summed E-state index contributed by atoms with van der Waals surface area (Å²) in [6, 6.07) is 14.4. The highest BCUT2D eigenvalue weighted by molar-refractivity contribution is 7.92. The number of rotatable bonds is 12. The maximum absolute atomic E-state index is 14.0. The molecule has 0 aliphatic heterocycles. The van der Waals surface area contributed by atoms with Crippen LogP contribution in [0.1, 0.15) is 37.8 Å². The lowest BCUT2D eigenvalue weighted by Crippen LogP contribution is -2.51. The molecule has 220 valence electrons. The van der Waals surface area contributed by atoms with Gasteiger partial charge in [0, 0.05) is 33.2 Å². The lowest BCUT2D eigenvalue weighted by molar-refractivity contribution is -0.139. The second kappa shape index (κ2) is 14.6. The fraction of sp³-hybridized carbons (Fsp3) is 0.310. The molecule has 41 heavy (non-hydrogen) atoms. The van der Waals surface area contributed by atoms with E-state index in [2.05, 4.69) is 5.32 Å². The van der Waals surface area contributed by atoms with E-state index in [1.165, 1.54) is 41.3 Å². The number of carbonyl (C=O) groups is 2. The van der Waals surface area contributed by atoms with E-state index in [4.69, 9.17) is 46.4 Å². The van der Waals surface area contributed by atoms with Gasteiger partial charge in [0.05, 0.1) is 10.6 Å². The summed E-state index contributed by atoms with van der Waals surface area (Å²) in [5, 5.41) is 3.94. The third-order valence-corrected chi connectivity index (χ3v) is 9.19. The van der Waals surface area contributed by atoms with Crippen molar-refractivity contribution in [1.82, 2.24) is 10.2 Å². The van der Waals surface area contributed by atoms with E-state index in [-0.39, 0.29) is 33.1 Å². The van der Waals surface area contributed by atoms with Crippen molar-refractivity contribution in [3.05, 3.63) is 91.9 Å². The molecule has 0 aromatic heterocycles. The zero-order valence-corrected chi connectivity index (χ0v) is 26.7. The Labute approximate surface area is 261 Å². The van der Waals surface area contributed by atoms with Crippen LogP contribution in [0.4, 0.5) is 5.69 Å². The number of hydrogen-bond donors (Lipinski definition) is 1. The van der Waals surface area contributed by atoms with Gasteiger partial charge in [-0.05, 0) is 68.3 Å². The molecular formula is C29H31Cl4N3O4S. The molecule has 1 N–H and O–H groups in total. The summed E-state index contributed by atoms with van der Waals surface area (Å²) in [5.74, 6) is -1.02. The minimum atomic E-state index is -4.26. The van der Waals surface area contributed by atoms with Gasteiger partial charge in [-0.15, -0.1) is 0 Å². The number of amides is 2. The Morgan fingerprint density at radius 1 is 0.902 bits per heavy atom. The Kier molecular flexibility index (Phi) is 11.8. The van der Waals surface area contributed by atoms with Crippen molar-refractivity contribution in [2.75, 3.05) is 17.4 Å². The first-order chi connectivity index (χ1) is 19.3. The van der Waals surface area contributed by atoms with Crippen LogP contribution >= 0.6 is 46.4 Å². The van der Waals surface area contributed by atoms with Crippen molar-refractivity contribution in [1.29, 1.82) is 0 Å². The smallest absolute Gasteiger partial charge is 0.264 e. The van der Waals surface area contributed by atoms with Crippen LogP contribution in [0.3, 0.4) is 0 Å². The van der Waals surface area contributed by atoms with Gasteiger partial charge in [0.2, 0.25) is 11.8 Å². The molecule has 0 fully saturated rings. The van der Waals surface area contributed by atoms with Crippen molar-refractivity contribution >= 4 is 73.9 Å². The topological polar surface area (TPSA) is 86.8 Å². The number of nitrogens with zero attached hydrogens (tertiary/aromatic N) is 2. The molecule has 3 aromatic carbocycles. The maximum Gasteiger partial charge on any atom is 0.264 e. The van der Waals surface area contributed by atoms with E-state index >= 15 is 0 Å². The van der Waals surface area contributed by atoms with Crippen LogP contribution in [-0.2, 0) is 26.2 Å². The van der Waals surface area contributed by atoms with Crippen LogP contribution in [0.2, 0.25) is 20.1 Å². The fourth-order valence-corrected chi connectivity index (χ4v) is 6.38. The van der Waals surface area contributed by atoms with Crippen LogP contribution in [-0.4, -0.2) is 44.3 Å². The minimum Gasteiger partial charge on any atom is -0.354 e. The molecule has 0 aliphatic rings. The van der Waals surface area contributed by atoms with E-state index in [0.29, 0.717) is 22.2 Å². The number of sulfonamides is 1. The van der Waals surface area contributed by atoms with E-state index in [9.17, 15) is 18.0 Å². The second-order valence-electron chi connectivity index (χ2n) is 9.53. The summed E-state index contributed by atoms with van der Waals surface area (Å²) in [7, 11) is -4.26. The summed E-state index contributed by atoms with van der Waals surface area (Å²) in [6.07, 6.45) is 1.65. The lowest BCUT2D eigenvalue weighted by Gasteiger charge is -2.32. The van der Waals surface area contributed by atoms with Crippen LogP contribution in [0.25, 0.3) is 0 Å². The molecule has 0 heterocycles. The van der Waals surface area contributed by atoms with Gasteiger partial charge in [0.15, 0.2) is 0 Å². The first-order valence-corrected chi connectivity index (χ1v) is 15.8. The first kappa shape index (κ1) is 33.0. The summed E-state index contributed by atoms with van der Waals surface area (Å²) in [5.41, 5.74) is 1.50. The normalized spacial score (nSPS) is 12.1. The predicted octanol–water partition coefficient (Wildman–Crippen LogP) is 7.14. The third kappa shape index (κ3) is 8.75. The largest absolute Gasteiger partial charge is 0.354 e. The molecule has 0 saturated carbocycles. The number of aryl methyl sites for hydroxylation is 1. The van der Waals surface area contributed by atoms with Crippen LogP contribution in [0, 0.1) is 6.92 Å². The SMILES string of the molecule is CCCCNC(=O)[C@H](C)N(Cc1ccc(Cl)cc1Cl)C(=O)CN(c1cc(Cl)cc(Cl)c1)S(=O)(=O)c1ccc(C)cc1. The summed E-state index contributed by atoms with van der Waals surface area (Å²) in [6.45, 7) is 5.16. The molecule has 3 rings (SSSR count). The van der Waals surface area contributed by atoms with E-state index < -0.39 is 28.5 Å². The standard InChI is InChI=1S/C29H31Cl4N3O4S/c1-4-5-12-34-29(38)20(3)35(17-21-8-9-22(30)16-27(21)33)28(37)18-36(25-14-23(31)13-24(32)15-25)41(39,40)26-10-6-19(2)7-11-26/h6-11,13-16,20H,4-5,12,17-18H2,1-3H3,(H,34,38)/t20-/m0/s1. The number of benzene rings is 3. The van der Waals surface area contributed by atoms with Crippen LogP contribution in [0.5, 0.6) is 0 Å². The molecule has 0 radical (unpaired) electrons. The monoisotopic (exact) mass is 657 g/mol. The molecule has 0 saturated heterocycles. The molecule has 0 spiro atoms. The van der Waals surface area contributed by atoms with Crippen molar-refractivity contribution in [2.24, 2.45) is 0 Å². The Morgan fingerprint density at radius 3 is 2.12 bits per heavy atom. The van der Waals surface area contributed by atoms with E-state index in [1.807, 2.05) is 13.8 Å². The van der Waals surface area contributed by atoms with Crippen molar-refractivity contribution < 1.29 is 18.0 Å². The highest BCUT2D eigenvalue weighted by atomic mass is 35.5. The molecule has 7 nitrogen and oxygen atoms in total. The van der Waals surface area contributed by atoms with Crippen molar-refractivity contribution in [3.63, 3.8) is 0 Å². The summed E-state index contributed by atoms with van der Waals surface area (Å²) >= 11 is 24.9. The number of unbranched alkanes of at least 4 members (excludes halogenated alkanes) is 1. The van der Waals surface area contributed by atoms with Crippen LogP contribution in [0.15, 0.2) is 65.6 Å². The first-order valence-electron chi connectivity index (χ1n) is 12.9. The number of hydrogen-bond acceptors (Lipinski definition) is 4. The maximum atomic E-state index is 14.0. The highest BCUT2D eigenvalue weighted by Crippen LogP contribution is 2.30.